The van der Waals surface area contributed by atoms with Crippen LogP contribution in [0.2, 0.25) is 10.0 Å². The van der Waals surface area contributed by atoms with Crippen LogP contribution in [0.25, 0.3) is 0 Å². The normalized spacial score (nSPS) is 11.6. The Morgan fingerprint density at radius 3 is 2.33 bits per heavy atom. The molecular formula is C26H25Cl2FN2O2. The number of likely N-dealkylation sites (N-methyl/N-ethyl adjacent to an activating group) is 1. The fourth-order valence-electron chi connectivity index (χ4n) is 3.63. The summed E-state index contributed by atoms with van der Waals surface area (Å²) in [6.45, 7) is 2.38. The van der Waals surface area contributed by atoms with Crippen molar-refractivity contribution in [2.24, 2.45) is 0 Å². The Balaban J connectivity index is 1.99. The fourth-order valence-corrected chi connectivity index (χ4v) is 4.07. The highest BCUT2D eigenvalue weighted by Gasteiger charge is 2.31. The maximum atomic E-state index is 14.4. The van der Waals surface area contributed by atoms with Crippen LogP contribution < -0.4 is 5.32 Å². The van der Waals surface area contributed by atoms with Crippen LogP contribution in [-0.4, -0.2) is 29.3 Å². The number of carbonyl (C=O) groups is 2. The van der Waals surface area contributed by atoms with Crippen molar-refractivity contribution in [1.29, 1.82) is 0 Å². The summed E-state index contributed by atoms with van der Waals surface area (Å²) in [5.41, 5.74) is 1.77. The van der Waals surface area contributed by atoms with Crippen molar-refractivity contribution in [2.45, 2.75) is 32.4 Å². The van der Waals surface area contributed by atoms with Gasteiger partial charge in [0.05, 0.1) is 6.42 Å². The van der Waals surface area contributed by atoms with E-state index < -0.39 is 17.8 Å². The van der Waals surface area contributed by atoms with Gasteiger partial charge in [-0.15, -0.1) is 0 Å². The largest absolute Gasteiger partial charge is 0.355 e. The smallest absolute Gasteiger partial charge is 0.243 e. The molecule has 1 atom stereocenters. The maximum Gasteiger partial charge on any atom is 0.243 e. The molecule has 0 aliphatic carbocycles. The minimum Gasteiger partial charge on any atom is -0.355 e. The Kier molecular flexibility index (Phi) is 8.87. The standard InChI is InChI=1S/C26H25Cl2FN2O2/c1-2-30-26(33)24(15-18-8-4-3-5-9-18)31(17-19-10-6-11-20(27)14-19)25(32)16-21-22(28)12-7-13-23(21)29/h3-14,24H,2,15-17H2,1H3,(H,30,33)/t24-/m1/s1. The summed E-state index contributed by atoms with van der Waals surface area (Å²) >= 11 is 12.3. The second kappa shape index (κ2) is 11.8. The number of nitrogens with one attached hydrogen (secondary N) is 1. The summed E-state index contributed by atoms with van der Waals surface area (Å²) < 4.78 is 14.4. The lowest BCUT2D eigenvalue weighted by Gasteiger charge is -2.31. The summed E-state index contributed by atoms with van der Waals surface area (Å²) in [6.07, 6.45) is 0.0424. The summed E-state index contributed by atoms with van der Waals surface area (Å²) in [4.78, 5) is 28.1. The highest BCUT2D eigenvalue weighted by molar-refractivity contribution is 6.31. The lowest BCUT2D eigenvalue weighted by Crippen LogP contribution is -2.51. The number of rotatable bonds is 9. The quantitative estimate of drug-likeness (QED) is 0.437. The molecule has 0 spiro atoms. The molecule has 0 aliphatic heterocycles. The van der Waals surface area contributed by atoms with Gasteiger partial charge in [-0.25, -0.2) is 4.39 Å². The first-order valence-corrected chi connectivity index (χ1v) is 11.4. The van der Waals surface area contributed by atoms with Gasteiger partial charge in [-0.1, -0.05) is 71.7 Å². The molecule has 3 rings (SSSR count). The zero-order valence-corrected chi connectivity index (χ0v) is 19.7. The number of amides is 2. The van der Waals surface area contributed by atoms with Gasteiger partial charge in [0, 0.05) is 35.1 Å². The van der Waals surface area contributed by atoms with Gasteiger partial charge in [-0.05, 0) is 42.3 Å². The predicted octanol–water partition coefficient (Wildman–Crippen LogP) is 5.45. The van der Waals surface area contributed by atoms with Crippen molar-refractivity contribution in [2.75, 3.05) is 6.54 Å². The third-order valence-corrected chi connectivity index (χ3v) is 5.84. The molecule has 0 bridgehead atoms. The van der Waals surface area contributed by atoms with E-state index in [-0.39, 0.29) is 29.5 Å². The van der Waals surface area contributed by atoms with Crippen molar-refractivity contribution in [3.05, 3.63) is 105 Å². The van der Waals surface area contributed by atoms with Crippen LogP contribution in [0.5, 0.6) is 0 Å². The van der Waals surface area contributed by atoms with Crippen molar-refractivity contribution >= 4 is 35.0 Å². The first-order chi connectivity index (χ1) is 15.9. The maximum absolute atomic E-state index is 14.4. The lowest BCUT2D eigenvalue weighted by atomic mass is 10.0. The van der Waals surface area contributed by atoms with Crippen LogP contribution in [-0.2, 0) is 29.0 Å². The molecule has 3 aromatic carbocycles. The molecule has 0 fully saturated rings. The number of benzene rings is 3. The van der Waals surface area contributed by atoms with Crippen molar-refractivity contribution in [3.63, 3.8) is 0 Å². The molecule has 33 heavy (non-hydrogen) atoms. The van der Waals surface area contributed by atoms with Gasteiger partial charge in [-0.2, -0.15) is 0 Å². The van der Waals surface area contributed by atoms with Crippen LogP contribution in [0.4, 0.5) is 4.39 Å². The topological polar surface area (TPSA) is 49.4 Å². The monoisotopic (exact) mass is 486 g/mol. The second-order valence-corrected chi connectivity index (χ2v) is 8.47. The molecule has 0 aliphatic rings. The molecule has 2 amide bonds. The zero-order valence-electron chi connectivity index (χ0n) is 18.2. The van der Waals surface area contributed by atoms with Gasteiger partial charge in [0.2, 0.25) is 11.8 Å². The van der Waals surface area contributed by atoms with E-state index in [1.165, 1.54) is 17.0 Å². The van der Waals surface area contributed by atoms with Crippen LogP contribution >= 0.6 is 23.2 Å². The van der Waals surface area contributed by atoms with Crippen molar-refractivity contribution < 1.29 is 14.0 Å². The van der Waals surface area contributed by atoms with Gasteiger partial charge in [0.25, 0.3) is 0 Å². The molecule has 0 unspecified atom stereocenters. The van der Waals surface area contributed by atoms with E-state index in [1.54, 1.807) is 24.3 Å². The Bertz CT molecular complexity index is 1090. The Hall–Kier alpha value is -2.89. The molecule has 0 saturated heterocycles. The third-order valence-electron chi connectivity index (χ3n) is 5.25. The molecule has 172 valence electrons. The van der Waals surface area contributed by atoms with E-state index in [0.29, 0.717) is 18.0 Å². The number of hydrogen-bond acceptors (Lipinski definition) is 2. The molecule has 1 N–H and O–H groups in total. The highest BCUT2D eigenvalue weighted by atomic mass is 35.5. The fraction of sp³-hybridized carbons (Fsp3) is 0.231. The Morgan fingerprint density at radius 1 is 0.970 bits per heavy atom. The van der Waals surface area contributed by atoms with Gasteiger partial charge >= 0.3 is 0 Å². The first-order valence-electron chi connectivity index (χ1n) is 10.7. The van der Waals surface area contributed by atoms with Crippen LogP contribution in [0, 0.1) is 5.82 Å². The van der Waals surface area contributed by atoms with E-state index in [9.17, 15) is 14.0 Å². The lowest BCUT2D eigenvalue weighted by molar-refractivity contribution is -0.140. The molecule has 4 nitrogen and oxygen atoms in total. The van der Waals surface area contributed by atoms with Gasteiger partial charge in [-0.3, -0.25) is 9.59 Å². The van der Waals surface area contributed by atoms with Gasteiger partial charge < -0.3 is 10.2 Å². The minimum atomic E-state index is -0.801. The molecule has 0 radical (unpaired) electrons. The van der Waals surface area contributed by atoms with Crippen LogP contribution in [0.15, 0.2) is 72.8 Å². The van der Waals surface area contributed by atoms with Crippen molar-refractivity contribution in [1.82, 2.24) is 10.2 Å². The average Bonchev–Trinajstić information content (AvgIpc) is 2.79. The minimum absolute atomic E-state index is 0.106. The third kappa shape index (κ3) is 6.80. The molecule has 3 aromatic rings. The van der Waals surface area contributed by atoms with Gasteiger partial charge in [0.15, 0.2) is 0 Å². The summed E-state index contributed by atoms with van der Waals surface area (Å²) in [5, 5.41) is 3.52. The van der Waals surface area contributed by atoms with Crippen molar-refractivity contribution in [3.8, 4) is 0 Å². The number of halogens is 3. The SMILES string of the molecule is CCNC(=O)[C@@H](Cc1ccccc1)N(Cc1cccc(Cl)c1)C(=O)Cc1c(F)cccc1Cl. The van der Waals surface area contributed by atoms with Crippen LogP contribution in [0.1, 0.15) is 23.6 Å². The Labute approximate surface area is 203 Å². The van der Waals surface area contributed by atoms with Crippen LogP contribution in [0.3, 0.4) is 0 Å². The molecule has 0 heterocycles. The average molecular weight is 487 g/mol. The van der Waals surface area contributed by atoms with E-state index in [0.717, 1.165) is 11.1 Å². The Morgan fingerprint density at radius 2 is 1.67 bits per heavy atom. The van der Waals surface area contributed by atoms with E-state index in [2.05, 4.69) is 5.32 Å². The summed E-state index contributed by atoms with van der Waals surface area (Å²) in [7, 11) is 0. The predicted molar refractivity (Wildman–Crippen MR) is 130 cm³/mol. The molecule has 0 saturated carbocycles. The molecule has 7 heteroatoms. The summed E-state index contributed by atoms with van der Waals surface area (Å²) in [5.74, 6) is -1.25. The molecule has 0 aromatic heterocycles. The number of carbonyl (C=O) groups excluding carboxylic acids is 2. The van der Waals surface area contributed by atoms with E-state index in [4.69, 9.17) is 23.2 Å². The summed E-state index contributed by atoms with van der Waals surface area (Å²) in [6, 6.07) is 20.1. The van der Waals surface area contributed by atoms with Gasteiger partial charge in [0.1, 0.15) is 11.9 Å². The number of hydrogen-bond donors (Lipinski definition) is 1. The second-order valence-electron chi connectivity index (χ2n) is 7.63. The molecular weight excluding hydrogens is 462 g/mol. The van der Waals surface area contributed by atoms with E-state index >= 15 is 0 Å². The first kappa shape index (κ1) is 24.7. The highest BCUT2D eigenvalue weighted by Crippen LogP contribution is 2.23. The zero-order chi connectivity index (χ0) is 23.8. The van der Waals surface area contributed by atoms with E-state index in [1.807, 2.05) is 43.3 Å². The number of nitrogens with zero attached hydrogens (tertiary/aromatic N) is 1.